The van der Waals surface area contributed by atoms with E-state index in [-0.39, 0.29) is 0 Å². The number of piperidine rings is 1. The Labute approximate surface area is 97.6 Å². The molecule has 3 heteroatoms. The Morgan fingerprint density at radius 2 is 2.19 bits per heavy atom. The number of rotatable bonds is 4. The van der Waals surface area contributed by atoms with Crippen molar-refractivity contribution in [3.63, 3.8) is 0 Å². The van der Waals surface area contributed by atoms with Crippen LogP contribution in [0.3, 0.4) is 0 Å². The molecule has 2 rings (SSSR count). The molecular formula is C13H22N2O. The Hall–Kier alpha value is -0.800. The van der Waals surface area contributed by atoms with E-state index in [0.717, 1.165) is 37.6 Å². The lowest BCUT2D eigenvalue weighted by molar-refractivity contribution is 0.134. The molecular weight excluding hydrogens is 200 g/mol. The van der Waals surface area contributed by atoms with Crippen molar-refractivity contribution in [3.8, 4) is 0 Å². The Morgan fingerprint density at radius 1 is 1.38 bits per heavy atom. The monoisotopic (exact) mass is 222 g/mol. The normalized spacial score (nSPS) is 22.5. The number of hydrogen-bond donors (Lipinski definition) is 1. The van der Waals surface area contributed by atoms with Gasteiger partial charge in [-0.15, -0.1) is 0 Å². The predicted molar refractivity (Wildman–Crippen MR) is 65.2 cm³/mol. The van der Waals surface area contributed by atoms with Gasteiger partial charge in [0, 0.05) is 19.0 Å². The minimum absolute atomic E-state index is 0.545. The molecule has 0 bridgehead atoms. The van der Waals surface area contributed by atoms with Gasteiger partial charge in [-0.3, -0.25) is 4.90 Å². The molecule has 0 radical (unpaired) electrons. The quantitative estimate of drug-likeness (QED) is 0.849. The van der Waals surface area contributed by atoms with Crippen LogP contribution >= 0.6 is 0 Å². The van der Waals surface area contributed by atoms with E-state index in [1.54, 1.807) is 0 Å². The minimum Gasteiger partial charge on any atom is -0.465 e. The third kappa shape index (κ3) is 2.66. The molecule has 0 saturated carbocycles. The number of likely N-dealkylation sites (tertiary alicyclic amines) is 1. The van der Waals surface area contributed by atoms with E-state index >= 15 is 0 Å². The van der Waals surface area contributed by atoms with Gasteiger partial charge in [0.1, 0.15) is 11.5 Å². The number of furan rings is 1. The molecule has 1 aliphatic heterocycles. The van der Waals surface area contributed by atoms with E-state index in [4.69, 9.17) is 10.2 Å². The summed E-state index contributed by atoms with van der Waals surface area (Å²) in [6.07, 6.45) is 4.81. The molecule has 0 aromatic carbocycles. The second-order valence-corrected chi connectivity index (χ2v) is 4.58. The third-order valence-corrected chi connectivity index (χ3v) is 3.45. The van der Waals surface area contributed by atoms with Crippen molar-refractivity contribution < 1.29 is 4.42 Å². The fourth-order valence-corrected chi connectivity index (χ4v) is 2.43. The molecule has 0 spiro atoms. The lowest BCUT2D eigenvalue weighted by Gasteiger charge is -2.34. The molecule has 1 unspecified atom stereocenters. The highest BCUT2D eigenvalue weighted by atomic mass is 16.3. The number of hydrogen-bond acceptors (Lipinski definition) is 3. The van der Waals surface area contributed by atoms with Crippen LogP contribution in [0.4, 0.5) is 0 Å². The number of nitrogens with zero attached hydrogens (tertiary/aromatic N) is 1. The number of nitrogens with two attached hydrogens (primary N) is 1. The van der Waals surface area contributed by atoms with E-state index in [1.807, 2.05) is 0 Å². The summed E-state index contributed by atoms with van der Waals surface area (Å²) in [5, 5.41) is 0. The highest BCUT2D eigenvalue weighted by Gasteiger charge is 2.21. The van der Waals surface area contributed by atoms with Crippen molar-refractivity contribution in [1.29, 1.82) is 0 Å². The topological polar surface area (TPSA) is 42.4 Å². The summed E-state index contributed by atoms with van der Waals surface area (Å²) in [5.41, 5.74) is 5.81. The first-order valence-electron chi connectivity index (χ1n) is 6.35. The molecule has 3 nitrogen and oxygen atoms in total. The SMILES string of the molecule is CCc1ccc(CN2CCCCC2CN)o1. The van der Waals surface area contributed by atoms with Crippen molar-refractivity contribution in [3.05, 3.63) is 23.7 Å². The summed E-state index contributed by atoms with van der Waals surface area (Å²) < 4.78 is 5.75. The second-order valence-electron chi connectivity index (χ2n) is 4.58. The van der Waals surface area contributed by atoms with Crippen LogP contribution in [0, 0.1) is 0 Å². The van der Waals surface area contributed by atoms with E-state index in [2.05, 4.69) is 24.0 Å². The zero-order valence-electron chi connectivity index (χ0n) is 10.1. The van der Waals surface area contributed by atoms with Gasteiger partial charge in [-0.25, -0.2) is 0 Å². The fraction of sp³-hybridized carbons (Fsp3) is 0.692. The Balaban J connectivity index is 1.96. The van der Waals surface area contributed by atoms with Gasteiger partial charge in [0.25, 0.3) is 0 Å². The van der Waals surface area contributed by atoms with Crippen LogP contribution in [0.15, 0.2) is 16.5 Å². The molecule has 90 valence electrons. The zero-order chi connectivity index (χ0) is 11.4. The summed E-state index contributed by atoms with van der Waals surface area (Å²) in [6, 6.07) is 4.72. The molecule has 0 amide bonds. The van der Waals surface area contributed by atoms with Gasteiger partial charge in [0.2, 0.25) is 0 Å². The zero-order valence-corrected chi connectivity index (χ0v) is 10.1. The summed E-state index contributed by atoms with van der Waals surface area (Å²) in [7, 11) is 0. The average Bonchev–Trinajstić information content (AvgIpc) is 2.77. The van der Waals surface area contributed by atoms with Crippen molar-refractivity contribution in [2.45, 2.75) is 45.2 Å². The van der Waals surface area contributed by atoms with Gasteiger partial charge in [0.15, 0.2) is 0 Å². The maximum atomic E-state index is 5.81. The molecule has 1 fully saturated rings. The third-order valence-electron chi connectivity index (χ3n) is 3.45. The summed E-state index contributed by atoms with van der Waals surface area (Å²) in [4.78, 5) is 2.46. The molecule has 0 aliphatic carbocycles. The smallest absolute Gasteiger partial charge is 0.118 e. The van der Waals surface area contributed by atoms with Crippen LogP contribution in [-0.2, 0) is 13.0 Å². The highest BCUT2D eigenvalue weighted by Crippen LogP contribution is 2.20. The lowest BCUT2D eigenvalue weighted by Crippen LogP contribution is -2.43. The maximum absolute atomic E-state index is 5.81. The van der Waals surface area contributed by atoms with Crippen LogP contribution < -0.4 is 5.73 Å². The molecule has 1 saturated heterocycles. The standard InChI is InChI=1S/C13H22N2O/c1-2-12-6-7-13(16-12)10-15-8-4-3-5-11(15)9-14/h6-7,11H,2-5,8-10,14H2,1H3. The molecule has 1 aromatic heterocycles. The van der Waals surface area contributed by atoms with Gasteiger partial charge in [0.05, 0.1) is 6.54 Å². The Bertz CT molecular complexity index is 321. The molecule has 16 heavy (non-hydrogen) atoms. The first-order valence-corrected chi connectivity index (χ1v) is 6.35. The van der Waals surface area contributed by atoms with Crippen molar-refractivity contribution >= 4 is 0 Å². The van der Waals surface area contributed by atoms with Gasteiger partial charge in [-0.05, 0) is 31.5 Å². The summed E-state index contributed by atoms with van der Waals surface area (Å²) in [5.74, 6) is 2.16. The molecule has 1 aliphatic rings. The van der Waals surface area contributed by atoms with E-state index in [0.29, 0.717) is 6.04 Å². The lowest BCUT2D eigenvalue weighted by atomic mass is 10.0. The van der Waals surface area contributed by atoms with Gasteiger partial charge < -0.3 is 10.2 Å². The van der Waals surface area contributed by atoms with Crippen molar-refractivity contribution in [2.75, 3.05) is 13.1 Å². The van der Waals surface area contributed by atoms with Crippen molar-refractivity contribution in [2.24, 2.45) is 5.73 Å². The first-order chi connectivity index (χ1) is 7.83. The van der Waals surface area contributed by atoms with Gasteiger partial charge in [-0.2, -0.15) is 0 Å². The van der Waals surface area contributed by atoms with Gasteiger partial charge in [-0.1, -0.05) is 13.3 Å². The average molecular weight is 222 g/mol. The van der Waals surface area contributed by atoms with Crippen LogP contribution in [0.1, 0.15) is 37.7 Å². The van der Waals surface area contributed by atoms with Crippen LogP contribution in [0.25, 0.3) is 0 Å². The molecule has 2 heterocycles. The minimum atomic E-state index is 0.545. The summed E-state index contributed by atoms with van der Waals surface area (Å²) in [6.45, 7) is 4.96. The molecule has 1 aromatic rings. The molecule has 2 N–H and O–H groups in total. The van der Waals surface area contributed by atoms with Gasteiger partial charge >= 0.3 is 0 Å². The van der Waals surface area contributed by atoms with Crippen molar-refractivity contribution in [1.82, 2.24) is 4.90 Å². The first kappa shape index (κ1) is 11.7. The molecule has 1 atom stereocenters. The second kappa shape index (κ2) is 5.51. The number of aryl methyl sites for hydroxylation is 1. The van der Waals surface area contributed by atoms with E-state index in [1.165, 1.54) is 19.3 Å². The van der Waals surface area contributed by atoms with Crippen LogP contribution in [-0.4, -0.2) is 24.0 Å². The summed E-state index contributed by atoms with van der Waals surface area (Å²) >= 11 is 0. The van der Waals surface area contributed by atoms with E-state index in [9.17, 15) is 0 Å². The van der Waals surface area contributed by atoms with E-state index < -0.39 is 0 Å². The van der Waals surface area contributed by atoms with Crippen LogP contribution in [0.5, 0.6) is 0 Å². The fourth-order valence-electron chi connectivity index (χ4n) is 2.43. The highest BCUT2D eigenvalue weighted by molar-refractivity contribution is 5.07. The largest absolute Gasteiger partial charge is 0.465 e. The predicted octanol–water partition coefficient (Wildman–Crippen LogP) is 2.16. The van der Waals surface area contributed by atoms with Crippen LogP contribution in [0.2, 0.25) is 0 Å². The Kier molecular flexibility index (Phi) is 4.02. The Morgan fingerprint density at radius 3 is 2.88 bits per heavy atom. The maximum Gasteiger partial charge on any atom is 0.118 e.